The maximum absolute atomic E-state index is 12.5. The molecule has 1 fully saturated rings. The largest absolute Gasteiger partial charge is 0.393 e. The van der Waals surface area contributed by atoms with Crippen LogP contribution in [-0.4, -0.2) is 17.9 Å². The third-order valence-electron chi connectivity index (χ3n) is 2.26. The lowest BCUT2D eigenvalue weighted by atomic mass is 10.0. The lowest BCUT2D eigenvalue weighted by molar-refractivity contribution is 0.153. The zero-order valence-electron chi connectivity index (χ0n) is 6.22. The van der Waals surface area contributed by atoms with Gasteiger partial charge in [-0.3, -0.25) is 0 Å². The molecule has 2 heteroatoms. The number of aliphatic hydroxyl groups is 1. The van der Waals surface area contributed by atoms with Crippen LogP contribution in [0.2, 0.25) is 0 Å². The Balaban J connectivity index is 2.11. The molecule has 0 saturated heterocycles. The van der Waals surface area contributed by atoms with E-state index in [9.17, 15) is 4.39 Å². The van der Waals surface area contributed by atoms with E-state index in [0.717, 1.165) is 0 Å². The normalized spacial score (nSPS) is 23.4. The summed E-state index contributed by atoms with van der Waals surface area (Å²) < 4.78 is 12.5. The number of aliphatic hydroxyl groups excluding tert-OH is 1. The smallest absolute Gasteiger partial charge is 0.123 e. The van der Waals surface area contributed by atoms with Gasteiger partial charge in [-0.1, -0.05) is 25.7 Å². The Morgan fingerprint density at radius 2 is 2.00 bits per heavy atom. The molecule has 0 aromatic rings. The van der Waals surface area contributed by atoms with E-state index in [-0.39, 0.29) is 6.61 Å². The lowest BCUT2D eigenvalue weighted by Crippen LogP contribution is -2.10. The average Bonchev–Trinajstić information content (AvgIpc) is 2.40. The second-order valence-electron chi connectivity index (χ2n) is 3.17. The van der Waals surface area contributed by atoms with Crippen molar-refractivity contribution >= 4 is 0 Å². The molecule has 1 unspecified atom stereocenters. The quantitative estimate of drug-likeness (QED) is 0.644. The van der Waals surface area contributed by atoms with Crippen LogP contribution in [0.4, 0.5) is 4.39 Å². The Labute approximate surface area is 61.2 Å². The van der Waals surface area contributed by atoms with Crippen LogP contribution in [0.15, 0.2) is 0 Å². The summed E-state index contributed by atoms with van der Waals surface area (Å²) in [5, 5.41) is 8.42. The van der Waals surface area contributed by atoms with Gasteiger partial charge in [0.15, 0.2) is 0 Å². The topological polar surface area (TPSA) is 20.2 Å². The molecule has 1 atom stereocenters. The Hall–Kier alpha value is -0.110. The summed E-state index contributed by atoms with van der Waals surface area (Å²) in [6.07, 6.45) is 4.45. The molecule has 10 heavy (non-hydrogen) atoms. The highest BCUT2D eigenvalue weighted by Gasteiger charge is 2.18. The third-order valence-corrected chi connectivity index (χ3v) is 2.26. The summed E-state index contributed by atoms with van der Waals surface area (Å²) in [5.74, 6) is 0.558. The molecule has 0 spiro atoms. The standard InChI is InChI=1S/C8H15FO/c9-8(6-10)5-7-3-1-2-4-7/h7-8,10H,1-6H2. The Morgan fingerprint density at radius 1 is 1.40 bits per heavy atom. The SMILES string of the molecule is OCC(F)CC1CCCC1. The molecule has 0 heterocycles. The molecule has 0 aromatic heterocycles. The molecular weight excluding hydrogens is 131 g/mol. The van der Waals surface area contributed by atoms with Crippen molar-refractivity contribution in [3.8, 4) is 0 Å². The fourth-order valence-electron chi connectivity index (χ4n) is 1.68. The first-order valence-corrected chi connectivity index (χ1v) is 4.08. The van der Waals surface area contributed by atoms with Crippen molar-refractivity contribution in [1.82, 2.24) is 0 Å². The van der Waals surface area contributed by atoms with Crippen molar-refractivity contribution < 1.29 is 9.50 Å². The number of alkyl halides is 1. The van der Waals surface area contributed by atoms with Crippen LogP contribution >= 0.6 is 0 Å². The Bertz CT molecular complexity index is 89.3. The Morgan fingerprint density at radius 3 is 2.50 bits per heavy atom. The molecule has 1 aliphatic rings. The van der Waals surface area contributed by atoms with Crippen molar-refractivity contribution in [1.29, 1.82) is 0 Å². The summed E-state index contributed by atoms with van der Waals surface area (Å²) in [6, 6.07) is 0. The van der Waals surface area contributed by atoms with Crippen LogP contribution in [0.1, 0.15) is 32.1 Å². The predicted octanol–water partition coefficient (Wildman–Crippen LogP) is 1.90. The fraction of sp³-hybridized carbons (Fsp3) is 1.00. The van der Waals surface area contributed by atoms with Gasteiger partial charge in [0.25, 0.3) is 0 Å². The molecule has 1 saturated carbocycles. The zero-order chi connectivity index (χ0) is 7.40. The molecule has 1 aliphatic carbocycles. The van der Waals surface area contributed by atoms with E-state index in [2.05, 4.69) is 0 Å². The van der Waals surface area contributed by atoms with Crippen molar-refractivity contribution in [2.24, 2.45) is 5.92 Å². The molecule has 0 aliphatic heterocycles. The van der Waals surface area contributed by atoms with Gasteiger partial charge in [-0.25, -0.2) is 4.39 Å². The van der Waals surface area contributed by atoms with Crippen molar-refractivity contribution in [2.45, 2.75) is 38.3 Å². The van der Waals surface area contributed by atoms with Gasteiger partial charge in [-0.2, -0.15) is 0 Å². The summed E-state index contributed by atoms with van der Waals surface area (Å²) in [7, 11) is 0. The maximum Gasteiger partial charge on any atom is 0.123 e. The number of hydrogen-bond donors (Lipinski definition) is 1. The molecule has 0 aromatic carbocycles. The highest BCUT2D eigenvalue weighted by atomic mass is 19.1. The molecule has 0 radical (unpaired) electrons. The average molecular weight is 146 g/mol. The molecule has 1 N–H and O–H groups in total. The highest BCUT2D eigenvalue weighted by Crippen LogP contribution is 2.28. The minimum Gasteiger partial charge on any atom is -0.393 e. The van der Waals surface area contributed by atoms with Crippen molar-refractivity contribution in [3.63, 3.8) is 0 Å². The van der Waals surface area contributed by atoms with Gasteiger partial charge in [0, 0.05) is 0 Å². The van der Waals surface area contributed by atoms with Gasteiger partial charge < -0.3 is 5.11 Å². The first kappa shape index (κ1) is 7.99. The number of rotatable bonds is 3. The second kappa shape index (κ2) is 3.91. The monoisotopic (exact) mass is 146 g/mol. The van der Waals surface area contributed by atoms with Crippen LogP contribution in [-0.2, 0) is 0 Å². The molecule has 1 nitrogen and oxygen atoms in total. The zero-order valence-corrected chi connectivity index (χ0v) is 6.22. The van der Waals surface area contributed by atoms with Gasteiger partial charge in [0.05, 0.1) is 6.61 Å². The van der Waals surface area contributed by atoms with Crippen LogP contribution in [0.3, 0.4) is 0 Å². The van der Waals surface area contributed by atoms with E-state index >= 15 is 0 Å². The fourth-order valence-corrected chi connectivity index (χ4v) is 1.68. The molecule has 0 amide bonds. The third kappa shape index (κ3) is 2.25. The predicted molar refractivity (Wildman–Crippen MR) is 38.6 cm³/mol. The van der Waals surface area contributed by atoms with E-state index in [1.165, 1.54) is 25.7 Å². The minimum atomic E-state index is -0.969. The first-order valence-electron chi connectivity index (χ1n) is 4.08. The summed E-state index contributed by atoms with van der Waals surface area (Å²) in [6.45, 7) is -0.295. The highest BCUT2D eigenvalue weighted by molar-refractivity contribution is 4.70. The van der Waals surface area contributed by atoms with Crippen LogP contribution < -0.4 is 0 Å². The number of hydrogen-bond acceptors (Lipinski definition) is 1. The molecule has 60 valence electrons. The van der Waals surface area contributed by atoms with E-state index < -0.39 is 6.17 Å². The molecule has 0 bridgehead atoms. The summed E-state index contributed by atoms with van der Waals surface area (Å²) >= 11 is 0. The van der Waals surface area contributed by atoms with Crippen LogP contribution in [0.5, 0.6) is 0 Å². The van der Waals surface area contributed by atoms with E-state index in [4.69, 9.17) is 5.11 Å². The van der Waals surface area contributed by atoms with E-state index in [0.29, 0.717) is 12.3 Å². The number of halogens is 1. The van der Waals surface area contributed by atoms with Gasteiger partial charge in [-0.15, -0.1) is 0 Å². The van der Waals surface area contributed by atoms with Gasteiger partial charge in [0.2, 0.25) is 0 Å². The summed E-state index contributed by atoms with van der Waals surface area (Å²) in [4.78, 5) is 0. The Kier molecular flexibility index (Phi) is 3.13. The van der Waals surface area contributed by atoms with Crippen molar-refractivity contribution in [2.75, 3.05) is 6.61 Å². The van der Waals surface area contributed by atoms with E-state index in [1.54, 1.807) is 0 Å². The molecular formula is C8H15FO. The van der Waals surface area contributed by atoms with Gasteiger partial charge in [-0.05, 0) is 12.3 Å². The first-order chi connectivity index (χ1) is 4.83. The van der Waals surface area contributed by atoms with Gasteiger partial charge >= 0.3 is 0 Å². The lowest BCUT2D eigenvalue weighted by Gasteiger charge is -2.09. The van der Waals surface area contributed by atoms with Crippen molar-refractivity contribution in [3.05, 3.63) is 0 Å². The van der Waals surface area contributed by atoms with Crippen LogP contribution in [0, 0.1) is 5.92 Å². The summed E-state index contributed by atoms with van der Waals surface area (Å²) in [5.41, 5.74) is 0. The van der Waals surface area contributed by atoms with E-state index in [1.807, 2.05) is 0 Å². The van der Waals surface area contributed by atoms with Crippen LogP contribution in [0.25, 0.3) is 0 Å². The van der Waals surface area contributed by atoms with Gasteiger partial charge in [0.1, 0.15) is 6.17 Å². The molecule has 1 rings (SSSR count). The second-order valence-corrected chi connectivity index (χ2v) is 3.17. The maximum atomic E-state index is 12.5. The minimum absolute atomic E-state index is 0.295.